The average Bonchev–Trinajstić information content (AvgIpc) is 2.46. The molecule has 0 saturated heterocycles. The van der Waals surface area contributed by atoms with Gasteiger partial charge in [0.05, 0.1) is 18.5 Å². The lowest BCUT2D eigenvalue weighted by atomic mass is 10.1. The van der Waals surface area contributed by atoms with Crippen LogP contribution < -0.4 is 11.2 Å². The third kappa shape index (κ3) is 1.48. The molecule has 77 valence electrons. The molecular formula is C7H11N4O2S. The van der Waals surface area contributed by atoms with Gasteiger partial charge >= 0.3 is 0 Å². The normalized spacial score (nSPS) is 23.1. The van der Waals surface area contributed by atoms with E-state index in [1.807, 2.05) is 0 Å². The van der Waals surface area contributed by atoms with E-state index in [0.717, 1.165) is 5.57 Å². The molecule has 2 N–H and O–H groups in total. The van der Waals surface area contributed by atoms with E-state index >= 15 is 0 Å². The summed E-state index contributed by atoms with van der Waals surface area (Å²) in [5.74, 6) is 0.424. The van der Waals surface area contributed by atoms with Gasteiger partial charge in [0, 0.05) is 12.1 Å². The minimum absolute atomic E-state index is 0.290. The third-order valence-corrected chi connectivity index (χ3v) is 3.59. The Hall–Kier alpha value is -1.08. The molecular weight excluding hydrogens is 204 g/mol. The van der Waals surface area contributed by atoms with Crippen molar-refractivity contribution in [3.05, 3.63) is 11.3 Å². The second-order valence-electron chi connectivity index (χ2n) is 3.36. The molecule has 0 aliphatic carbocycles. The van der Waals surface area contributed by atoms with Crippen LogP contribution in [-0.4, -0.2) is 37.9 Å². The maximum atomic E-state index is 11.2. The van der Waals surface area contributed by atoms with E-state index in [0.29, 0.717) is 31.0 Å². The molecule has 2 aliphatic rings. The summed E-state index contributed by atoms with van der Waals surface area (Å²) < 4.78 is 23.9. The van der Waals surface area contributed by atoms with Crippen molar-refractivity contribution >= 4 is 15.9 Å². The molecule has 0 aromatic carbocycles. The van der Waals surface area contributed by atoms with Crippen molar-refractivity contribution in [1.29, 1.82) is 0 Å². The number of hydrogen-bond acceptors (Lipinski definition) is 4. The van der Waals surface area contributed by atoms with Gasteiger partial charge in [-0.2, -0.15) is 9.73 Å². The van der Waals surface area contributed by atoms with Gasteiger partial charge in [-0.3, -0.25) is 0 Å². The van der Waals surface area contributed by atoms with Gasteiger partial charge in [0.2, 0.25) is 10.0 Å². The van der Waals surface area contributed by atoms with Gasteiger partial charge < -0.3 is 5.73 Å². The average molecular weight is 215 g/mol. The van der Waals surface area contributed by atoms with Crippen LogP contribution in [0.5, 0.6) is 0 Å². The lowest BCUT2D eigenvalue weighted by Gasteiger charge is -2.24. The highest BCUT2D eigenvalue weighted by Gasteiger charge is 2.29. The maximum absolute atomic E-state index is 11.2. The Balaban J connectivity index is 2.22. The highest BCUT2D eigenvalue weighted by molar-refractivity contribution is 7.88. The SMILES string of the molecule is CS(=O)(=O)N1CCC2=C(C1)[N]N=C2N. The van der Waals surface area contributed by atoms with Crippen molar-refractivity contribution in [1.82, 2.24) is 9.73 Å². The second kappa shape index (κ2) is 2.96. The molecule has 0 unspecified atom stereocenters. The summed E-state index contributed by atoms with van der Waals surface area (Å²) in [6.45, 7) is 0.752. The first-order chi connectivity index (χ1) is 6.48. The summed E-state index contributed by atoms with van der Waals surface area (Å²) in [6.07, 6.45) is 1.79. The van der Waals surface area contributed by atoms with E-state index in [1.165, 1.54) is 10.6 Å². The molecule has 0 spiro atoms. The van der Waals surface area contributed by atoms with E-state index in [4.69, 9.17) is 5.73 Å². The van der Waals surface area contributed by atoms with Crippen LogP contribution in [0.15, 0.2) is 16.4 Å². The predicted molar refractivity (Wildman–Crippen MR) is 51.8 cm³/mol. The Kier molecular flexibility index (Phi) is 2.00. The van der Waals surface area contributed by atoms with Gasteiger partial charge in [0.25, 0.3) is 0 Å². The molecule has 2 heterocycles. The van der Waals surface area contributed by atoms with Crippen molar-refractivity contribution in [2.75, 3.05) is 19.3 Å². The Bertz CT molecular complexity index is 423. The number of hydrogen-bond donors (Lipinski definition) is 1. The lowest BCUT2D eigenvalue weighted by molar-refractivity contribution is 0.420. The fourth-order valence-corrected chi connectivity index (χ4v) is 2.33. The van der Waals surface area contributed by atoms with E-state index in [1.54, 1.807) is 0 Å². The van der Waals surface area contributed by atoms with E-state index in [2.05, 4.69) is 10.5 Å². The van der Waals surface area contributed by atoms with Crippen molar-refractivity contribution in [2.24, 2.45) is 10.8 Å². The number of nitrogens with two attached hydrogens (primary N) is 1. The van der Waals surface area contributed by atoms with Crippen LogP contribution in [0.1, 0.15) is 6.42 Å². The van der Waals surface area contributed by atoms with E-state index in [-0.39, 0.29) is 0 Å². The van der Waals surface area contributed by atoms with Crippen molar-refractivity contribution in [2.45, 2.75) is 6.42 Å². The molecule has 0 fully saturated rings. The zero-order valence-corrected chi connectivity index (χ0v) is 8.58. The van der Waals surface area contributed by atoms with Crippen LogP contribution in [-0.2, 0) is 10.0 Å². The fraction of sp³-hybridized carbons (Fsp3) is 0.571. The summed E-state index contributed by atoms with van der Waals surface area (Å²) in [5.41, 5.74) is 11.0. The third-order valence-electron chi connectivity index (χ3n) is 2.34. The van der Waals surface area contributed by atoms with Crippen LogP contribution in [0.2, 0.25) is 0 Å². The Labute approximate surface area is 82.5 Å². The number of amidine groups is 1. The molecule has 0 bridgehead atoms. The van der Waals surface area contributed by atoms with Gasteiger partial charge in [-0.05, 0) is 6.42 Å². The molecule has 0 atom stereocenters. The summed E-state index contributed by atoms with van der Waals surface area (Å²) in [7, 11) is -3.13. The molecule has 0 aromatic heterocycles. The van der Waals surface area contributed by atoms with Gasteiger partial charge in [-0.1, -0.05) is 0 Å². The molecule has 0 aromatic rings. The smallest absolute Gasteiger partial charge is 0.211 e. The summed E-state index contributed by atoms with van der Waals surface area (Å²) in [6, 6.07) is 0. The number of nitrogens with zero attached hydrogens (tertiary/aromatic N) is 3. The lowest BCUT2D eigenvalue weighted by Crippen LogP contribution is -2.37. The Morgan fingerprint density at radius 3 is 2.86 bits per heavy atom. The molecule has 14 heavy (non-hydrogen) atoms. The van der Waals surface area contributed by atoms with Gasteiger partial charge in [0.1, 0.15) is 0 Å². The fourth-order valence-electron chi connectivity index (χ4n) is 1.55. The van der Waals surface area contributed by atoms with Crippen LogP contribution in [0, 0.1) is 0 Å². The van der Waals surface area contributed by atoms with Crippen LogP contribution >= 0.6 is 0 Å². The summed E-state index contributed by atoms with van der Waals surface area (Å²) in [5, 5.41) is 3.72. The molecule has 0 saturated carbocycles. The number of rotatable bonds is 1. The second-order valence-corrected chi connectivity index (χ2v) is 5.34. The minimum Gasteiger partial charge on any atom is -0.382 e. The van der Waals surface area contributed by atoms with Crippen LogP contribution in [0.4, 0.5) is 0 Å². The number of sulfonamides is 1. The van der Waals surface area contributed by atoms with Crippen LogP contribution in [0.3, 0.4) is 0 Å². The molecule has 2 aliphatic heterocycles. The molecule has 6 nitrogen and oxygen atoms in total. The first-order valence-electron chi connectivity index (χ1n) is 4.20. The molecule has 7 heteroatoms. The summed E-state index contributed by atoms with van der Waals surface area (Å²) >= 11 is 0. The highest BCUT2D eigenvalue weighted by Crippen LogP contribution is 2.22. The summed E-state index contributed by atoms with van der Waals surface area (Å²) in [4.78, 5) is 0. The van der Waals surface area contributed by atoms with Crippen molar-refractivity contribution < 1.29 is 8.42 Å². The monoisotopic (exact) mass is 215 g/mol. The highest BCUT2D eigenvalue weighted by atomic mass is 32.2. The molecule has 2 rings (SSSR count). The largest absolute Gasteiger partial charge is 0.382 e. The standard InChI is InChI=1S/C7H11N4O2S/c1-14(12,13)11-3-2-5-6(4-11)9-10-7(5)8/h2-4H2,1H3,(H2,8,10). The van der Waals surface area contributed by atoms with Crippen molar-refractivity contribution in [3.8, 4) is 0 Å². The van der Waals surface area contributed by atoms with Gasteiger partial charge in [0.15, 0.2) is 5.84 Å². The van der Waals surface area contributed by atoms with E-state index < -0.39 is 10.0 Å². The minimum atomic E-state index is -3.13. The predicted octanol–water partition coefficient (Wildman–Crippen LogP) is -1.20. The Morgan fingerprint density at radius 2 is 2.21 bits per heavy atom. The molecule has 0 amide bonds. The van der Waals surface area contributed by atoms with Crippen molar-refractivity contribution in [3.63, 3.8) is 0 Å². The zero-order chi connectivity index (χ0) is 10.3. The van der Waals surface area contributed by atoms with Gasteiger partial charge in [-0.25, -0.2) is 8.42 Å². The quantitative estimate of drug-likeness (QED) is 0.595. The topological polar surface area (TPSA) is 89.9 Å². The van der Waals surface area contributed by atoms with Crippen LogP contribution in [0.25, 0.3) is 0 Å². The first-order valence-corrected chi connectivity index (χ1v) is 6.05. The van der Waals surface area contributed by atoms with Gasteiger partial charge in [-0.15, -0.1) is 5.10 Å². The first kappa shape index (κ1) is 9.47. The Morgan fingerprint density at radius 1 is 1.50 bits per heavy atom. The zero-order valence-electron chi connectivity index (χ0n) is 7.77. The molecule has 1 radical (unpaired) electrons. The van der Waals surface area contributed by atoms with E-state index in [9.17, 15) is 8.42 Å². The maximum Gasteiger partial charge on any atom is 0.211 e.